The van der Waals surface area contributed by atoms with Gasteiger partial charge < -0.3 is 10.0 Å². The molecule has 1 amide bonds. The molecule has 0 bridgehead atoms. The highest BCUT2D eigenvalue weighted by Crippen LogP contribution is 2.29. The number of amides is 1. The largest absolute Gasteiger partial charge is 0.396 e. The van der Waals surface area contributed by atoms with Crippen LogP contribution in [-0.4, -0.2) is 29.1 Å². The Morgan fingerprint density at radius 2 is 2.41 bits per heavy atom. The summed E-state index contributed by atoms with van der Waals surface area (Å²) in [6.45, 7) is 0.685. The molecule has 1 aromatic carbocycles. The number of aliphatic hydroxyl groups is 1. The smallest absolute Gasteiger partial charge is 0.227 e. The molecule has 1 N–H and O–H groups in total. The Labute approximate surface area is 103 Å². The van der Waals surface area contributed by atoms with Gasteiger partial charge in [0.2, 0.25) is 5.91 Å². The Bertz CT molecular complexity index is 566. The van der Waals surface area contributed by atoms with Crippen LogP contribution in [0.1, 0.15) is 6.42 Å². The number of rotatable bonds is 2. The standard InChI is InChI=1S/C12H12N2O2S/c15-6-8-3-12(16)14(5-8)9-1-2-10-11(4-9)17-7-13-10/h1-2,4,7-8,15H,3,5-6H2. The minimum atomic E-state index is 0.0691. The van der Waals surface area contributed by atoms with Crippen molar-refractivity contribution >= 4 is 33.1 Å². The van der Waals surface area contributed by atoms with Gasteiger partial charge in [0.05, 0.1) is 15.7 Å². The van der Waals surface area contributed by atoms with E-state index in [1.807, 2.05) is 18.2 Å². The van der Waals surface area contributed by atoms with Gasteiger partial charge in [-0.25, -0.2) is 4.98 Å². The first kappa shape index (κ1) is 10.7. The maximum Gasteiger partial charge on any atom is 0.227 e. The van der Waals surface area contributed by atoms with Gasteiger partial charge in [-0.1, -0.05) is 0 Å². The molecule has 5 heteroatoms. The van der Waals surface area contributed by atoms with Crippen molar-refractivity contribution in [1.82, 2.24) is 4.98 Å². The lowest BCUT2D eigenvalue weighted by Gasteiger charge is -2.16. The summed E-state index contributed by atoms with van der Waals surface area (Å²) in [6.07, 6.45) is 0.442. The zero-order valence-corrected chi connectivity index (χ0v) is 9.98. The monoisotopic (exact) mass is 248 g/mol. The average molecular weight is 248 g/mol. The lowest BCUT2D eigenvalue weighted by Crippen LogP contribution is -2.24. The highest BCUT2D eigenvalue weighted by Gasteiger charge is 2.30. The first-order chi connectivity index (χ1) is 8.28. The predicted molar refractivity (Wildman–Crippen MR) is 67.2 cm³/mol. The molecule has 3 rings (SSSR count). The van der Waals surface area contributed by atoms with Crippen molar-refractivity contribution < 1.29 is 9.90 Å². The van der Waals surface area contributed by atoms with E-state index in [0.717, 1.165) is 15.9 Å². The first-order valence-electron chi connectivity index (χ1n) is 5.52. The predicted octanol–water partition coefficient (Wildman–Crippen LogP) is 1.64. The molecule has 0 spiro atoms. The molecule has 0 aliphatic carbocycles. The average Bonchev–Trinajstić information content (AvgIpc) is 2.93. The number of aromatic nitrogens is 1. The van der Waals surface area contributed by atoms with E-state index in [1.54, 1.807) is 21.7 Å². The zero-order valence-electron chi connectivity index (χ0n) is 9.17. The molecule has 1 aliphatic rings. The SMILES string of the molecule is O=C1CC(CO)CN1c1ccc2ncsc2c1. The maximum absolute atomic E-state index is 11.8. The minimum Gasteiger partial charge on any atom is -0.396 e. The maximum atomic E-state index is 11.8. The minimum absolute atomic E-state index is 0.0691. The lowest BCUT2D eigenvalue weighted by molar-refractivity contribution is -0.117. The molecule has 88 valence electrons. The molecular weight excluding hydrogens is 236 g/mol. The van der Waals surface area contributed by atoms with Gasteiger partial charge >= 0.3 is 0 Å². The number of hydrogen-bond donors (Lipinski definition) is 1. The summed E-state index contributed by atoms with van der Waals surface area (Å²) >= 11 is 1.57. The summed E-state index contributed by atoms with van der Waals surface area (Å²) in [4.78, 5) is 17.8. The van der Waals surface area contributed by atoms with Crippen molar-refractivity contribution in [1.29, 1.82) is 0 Å². The van der Waals surface area contributed by atoms with Gasteiger partial charge in [0.25, 0.3) is 0 Å². The van der Waals surface area contributed by atoms with Crippen LogP contribution in [0.15, 0.2) is 23.7 Å². The fraction of sp³-hybridized carbons (Fsp3) is 0.333. The second kappa shape index (κ2) is 4.09. The van der Waals surface area contributed by atoms with Crippen molar-refractivity contribution in [3.8, 4) is 0 Å². The van der Waals surface area contributed by atoms with E-state index in [4.69, 9.17) is 5.11 Å². The van der Waals surface area contributed by atoms with E-state index in [9.17, 15) is 4.79 Å². The molecule has 1 unspecified atom stereocenters. The van der Waals surface area contributed by atoms with Crippen LogP contribution < -0.4 is 4.90 Å². The fourth-order valence-electron chi connectivity index (χ4n) is 2.17. The third kappa shape index (κ3) is 1.81. The van der Waals surface area contributed by atoms with Crippen LogP contribution in [0.3, 0.4) is 0 Å². The molecular formula is C12H12N2O2S. The summed E-state index contributed by atoms with van der Waals surface area (Å²) in [7, 11) is 0. The van der Waals surface area contributed by atoms with Crippen LogP contribution in [0.2, 0.25) is 0 Å². The van der Waals surface area contributed by atoms with Crippen LogP contribution >= 0.6 is 11.3 Å². The molecule has 0 radical (unpaired) electrons. The van der Waals surface area contributed by atoms with E-state index in [2.05, 4.69) is 4.98 Å². The molecule has 4 nitrogen and oxygen atoms in total. The van der Waals surface area contributed by atoms with E-state index in [1.165, 1.54) is 0 Å². The second-order valence-electron chi connectivity index (χ2n) is 4.26. The molecule has 1 fully saturated rings. The van der Waals surface area contributed by atoms with Crippen molar-refractivity contribution in [2.45, 2.75) is 6.42 Å². The molecule has 1 aromatic heterocycles. The van der Waals surface area contributed by atoms with Gasteiger partial charge in [-0.05, 0) is 18.2 Å². The Kier molecular flexibility index (Phi) is 2.57. The van der Waals surface area contributed by atoms with Gasteiger partial charge in [-0.3, -0.25) is 4.79 Å². The number of carbonyl (C=O) groups excluding carboxylic acids is 1. The van der Waals surface area contributed by atoms with Gasteiger partial charge in [0.15, 0.2) is 0 Å². The number of aliphatic hydroxyl groups excluding tert-OH is 1. The summed E-state index contributed by atoms with van der Waals surface area (Å²) in [5, 5.41) is 9.10. The number of carbonyl (C=O) groups is 1. The highest BCUT2D eigenvalue weighted by molar-refractivity contribution is 7.16. The molecule has 0 saturated carbocycles. The van der Waals surface area contributed by atoms with Crippen LogP contribution in [0.4, 0.5) is 5.69 Å². The number of thiazole rings is 1. The van der Waals surface area contributed by atoms with E-state index >= 15 is 0 Å². The Morgan fingerprint density at radius 1 is 1.53 bits per heavy atom. The van der Waals surface area contributed by atoms with Crippen molar-refractivity contribution in [3.63, 3.8) is 0 Å². The molecule has 2 aromatic rings. The summed E-state index contributed by atoms with van der Waals surface area (Å²) in [5.74, 6) is 0.160. The topological polar surface area (TPSA) is 53.4 Å². The number of fused-ring (bicyclic) bond motifs is 1. The van der Waals surface area contributed by atoms with Gasteiger partial charge in [0.1, 0.15) is 0 Å². The Hall–Kier alpha value is -1.46. The van der Waals surface area contributed by atoms with Crippen molar-refractivity contribution in [2.75, 3.05) is 18.1 Å². The number of nitrogens with zero attached hydrogens (tertiary/aromatic N) is 2. The van der Waals surface area contributed by atoms with E-state index in [0.29, 0.717) is 13.0 Å². The van der Waals surface area contributed by atoms with Gasteiger partial charge in [0, 0.05) is 31.2 Å². The normalized spacial score (nSPS) is 20.4. The molecule has 1 saturated heterocycles. The molecule has 17 heavy (non-hydrogen) atoms. The Balaban J connectivity index is 1.95. The van der Waals surface area contributed by atoms with Crippen LogP contribution in [0.5, 0.6) is 0 Å². The van der Waals surface area contributed by atoms with Crippen LogP contribution in [-0.2, 0) is 4.79 Å². The van der Waals surface area contributed by atoms with Gasteiger partial charge in [-0.15, -0.1) is 11.3 Å². The molecule has 1 atom stereocenters. The number of anilines is 1. The first-order valence-corrected chi connectivity index (χ1v) is 6.40. The van der Waals surface area contributed by atoms with Crippen LogP contribution in [0.25, 0.3) is 10.2 Å². The van der Waals surface area contributed by atoms with Gasteiger partial charge in [-0.2, -0.15) is 0 Å². The molecule has 1 aliphatic heterocycles. The zero-order chi connectivity index (χ0) is 11.8. The van der Waals surface area contributed by atoms with Crippen molar-refractivity contribution in [2.24, 2.45) is 5.92 Å². The number of hydrogen-bond acceptors (Lipinski definition) is 4. The summed E-state index contributed by atoms with van der Waals surface area (Å²) in [6, 6.07) is 5.84. The second-order valence-corrected chi connectivity index (χ2v) is 5.15. The van der Waals surface area contributed by atoms with Crippen LogP contribution in [0, 0.1) is 5.92 Å². The van der Waals surface area contributed by atoms with E-state index < -0.39 is 0 Å². The third-order valence-electron chi connectivity index (χ3n) is 3.09. The fourth-order valence-corrected chi connectivity index (χ4v) is 2.88. The van der Waals surface area contributed by atoms with E-state index in [-0.39, 0.29) is 18.4 Å². The summed E-state index contributed by atoms with van der Waals surface area (Å²) < 4.78 is 1.09. The van der Waals surface area contributed by atoms with Crippen molar-refractivity contribution in [3.05, 3.63) is 23.7 Å². The molecule has 2 heterocycles. The third-order valence-corrected chi connectivity index (χ3v) is 3.88. The Morgan fingerprint density at radius 3 is 3.18 bits per heavy atom. The number of benzene rings is 1. The highest BCUT2D eigenvalue weighted by atomic mass is 32.1. The lowest BCUT2D eigenvalue weighted by atomic mass is 10.1. The quantitative estimate of drug-likeness (QED) is 0.879. The summed E-state index contributed by atoms with van der Waals surface area (Å²) in [5.41, 5.74) is 3.67.